The lowest BCUT2D eigenvalue weighted by Crippen LogP contribution is -2.04. The van der Waals surface area contributed by atoms with Crippen molar-refractivity contribution in [3.8, 4) is 11.3 Å². The van der Waals surface area contributed by atoms with Crippen molar-refractivity contribution in [1.29, 1.82) is 0 Å². The van der Waals surface area contributed by atoms with E-state index in [2.05, 4.69) is 25.6 Å². The SMILES string of the molecule is NCCCCCO.OCCCCCNc1cc(-c2ccnc(Nc3cccc(Cl)c3)n2)ccn1. The number of halogens is 1. The van der Waals surface area contributed by atoms with Crippen LogP contribution in [0.5, 0.6) is 0 Å². The maximum absolute atomic E-state index is 8.82. The van der Waals surface area contributed by atoms with Gasteiger partial charge in [-0.15, -0.1) is 0 Å². The Balaban J connectivity index is 0.000000509. The zero-order valence-electron chi connectivity index (χ0n) is 19.5. The number of hydrogen-bond acceptors (Lipinski definition) is 8. The number of hydrogen-bond donors (Lipinski definition) is 5. The van der Waals surface area contributed by atoms with E-state index in [4.69, 9.17) is 27.5 Å². The van der Waals surface area contributed by atoms with Gasteiger partial charge in [-0.25, -0.2) is 15.0 Å². The third-order valence-corrected chi connectivity index (χ3v) is 5.03. The Hall–Kier alpha value is -2.78. The Kier molecular flexibility index (Phi) is 13.5. The number of aromatic nitrogens is 3. The van der Waals surface area contributed by atoms with Crippen molar-refractivity contribution in [3.05, 3.63) is 59.9 Å². The first kappa shape index (κ1) is 27.5. The van der Waals surface area contributed by atoms with Crippen LogP contribution in [-0.4, -0.2) is 51.5 Å². The summed E-state index contributed by atoms with van der Waals surface area (Å²) in [6, 6.07) is 13.2. The fraction of sp³-hybridized carbons (Fsp3) is 0.400. The quantitative estimate of drug-likeness (QED) is 0.221. The van der Waals surface area contributed by atoms with Gasteiger partial charge in [-0.1, -0.05) is 17.7 Å². The first-order valence-electron chi connectivity index (χ1n) is 11.6. The topological polar surface area (TPSA) is 129 Å². The van der Waals surface area contributed by atoms with Gasteiger partial charge in [-0.05, 0) is 81.5 Å². The maximum Gasteiger partial charge on any atom is 0.227 e. The third-order valence-electron chi connectivity index (χ3n) is 4.80. The molecule has 0 radical (unpaired) electrons. The number of nitrogens with two attached hydrogens (primary N) is 1. The monoisotopic (exact) mass is 486 g/mol. The Morgan fingerprint density at radius 2 is 1.62 bits per heavy atom. The second-order valence-electron chi connectivity index (χ2n) is 7.61. The van der Waals surface area contributed by atoms with Gasteiger partial charge in [0.1, 0.15) is 5.82 Å². The summed E-state index contributed by atoms with van der Waals surface area (Å²) in [7, 11) is 0. The van der Waals surface area contributed by atoms with Gasteiger partial charge in [0, 0.05) is 48.4 Å². The van der Waals surface area contributed by atoms with Gasteiger partial charge in [0.25, 0.3) is 0 Å². The zero-order chi connectivity index (χ0) is 24.4. The second-order valence-corrected chi connectivity index (χ2v) is 8.05. The molecule has 0 aliphatic rings. The Morgan fingerprint density at radius 1 is 0.853 bits per heavy atom. The Labute approximate surface area is 206 Å². The lowest BCUT2D eigenvalue weighted by molar-refractivity contribution is 0.283. The first-order valence-corrected chi connectivity index (χ1v) is 12.0. The van der Waals surface area contributed by atoms with Crippen molar-refractivity contribution in [2.24, 2.45) is 5.73 Å². The predicted molar refractivity (Wildman–Crippen MR) is 139 cm³/mol. The molecule has 0 spiro atoms. The van der Waals surface area contributed by atoms with E-state index < -0.39 is 0 Å². The third kappa shape index (κ3) is 10.9. The first-order chi connectivity index (χ1) is 16.7. The molecule has 0 fully saturated rings. The van der Waals surface area contributed by atoms with Crippen LogP contribution in [0.1, 0.15) is 38.5 Å². The van der Waals surface area contributed by atoms with Crippen molar-refractivity contribution in [3.63, 3.8) is 0 Å². The fourth-order valence-electron chi connectivity index (χ4n) is 3.02. The molecule has 0 unspecified atom stereocenters. The molecule has 0 saturated heterocycles. The molecule has 184 valence electrons. The van der Waals surface area contributed by atoms with Crippen LogP contribution in [0, 0.1) is 0 Å². The van der Waals surface area contributed by atoms with Crippen molar-refractivity contribution in [2.75, 3.05) is 36.9 Å². The molecule has 3 rings (SSSR count). The highest BCUT2D eigenvalue weighted by Crippen LogP contribution is 2.22. The number of anilines is 3. The van der Waals surface area contributed by atoms with Crippen LogP contribution in [-0.2, 0) is 0 Å². The lowest BCUT2D eigenvalue weighted by atomic mass is 10.2. The van der Waals surface area contributed by atoms with Gasteiger partial charge in [0.2, 0.25) is 5.95 Å². The molecule has 3 aromatic rings. The number of pyridine rings is 1. The summed E-state index contributed by atoms with van der Waals surface area (Å²) in [5, 5.41) is 24.2. The van der Waals surface area contributed by atoms with Crippen LogP contribution in [0.25, 0.3) is 11.3 Å². The molecule has 34 heavy (non-hydrogen) atoms. The van der Waals surface area contributed by atoms with Gasteiger partial charge < -0.3 is 26.6 Å². The number of aliphatic hydroxyl groups excluding tert-OH is 2. The lowest BCUT2D eigenvalue weighted by Gasteiger charge is -2.09. The van der Waals surface area contributed by atoms with E-state index in [1.165, 1.54) is 0 Å². The minimum absolute atomic E-state index is 0.243. The van der Waals surface area contributed by atoms with E-state index in [1.54, 1.807) is 12.4 Å². The van der Waals surface area contributed by atoms with E-state index in [-0.39, 0.29) is 6.61 Å². The highest BCUT2D eigenvalue weighted by Gasteiger charge is 2.05. The standard InChI is InChI=1S/C20H22ClN5O.C5H13NO/c21-16-5-4-6-17(14-16)25-20-24-11-8-18(26-20)15-7-10-23-19(13-15)22-9-2-1-3-12-27;6-4-2-1-3-5-7/h4-8,10-11,13-14,27H,1-3,9,12H2,(H,22,23)(H,24,25,26);7H,1-6H2. The summed E-state index contributed by atoms with van der Waals surface area (Å²) in [5.74, 6) is 1.31. The molecule has 0 amide bonds. The number of rotatable bonds is 13. The molecule has 0 atom stereocenters. The molecule has 0 aliphatic heterocycles. The van der Waals surface area contributed by atoms with E-state index >= 15 is 0 Å². The zero-order valence-corrected chi connectivity index (χ0v) is 20.2. The molecule has 1 aromatic carbocycles. The number of nitrogens with zero attached hydrogens (tertiary/aromatic N) is 3. The van der Waals surface area contributed by atoms with Crippen LogP contribution in [0.4, 0.5) is 17.5 Å². The van der Waals surface area contributed by atoms with E-state index in [1.807, 2.05) is 42.5 Å². The van der Waals surface area contributed by atoms with E-state index in [0.717, 1.165) is 74.4 Å². The molecular formula is C25H35ClN6O2. The Morgan fingerprint density at radius 3 is 2.35 bits per heavy atom. The van der Waals surface area contributed by atoms with Crippen LogP contribution >= 0.6 is 11.6 Å². The fourth-order valence-corrected chi connectivity index (χ4v) is 3.21. The van der Waals surface area contributed by atoms with Crippen molar-refractivity contribution in [2.45, 2.75) is 38.5 Å². The molecular weight excluding hydrogens is 452 g/mol. The van der Waals surface area contributed by atoms with E-state index in [0.29, 0.717) is 17.6 Å². The van der Waals surface area contributed by atoms with Gasteiger partial charge >= 0.3 is 0 Å². The molecule has 8 nitrogen and oxygen atoms in total. The van der Waals surface area contributed by atoms with Crippen LogP contribution in [0.3, 0.4) is 0 Å². The van der Waals surface area contributed by atoms with Crippen LogP contribution in [0.15, 0.2) is 54.9 Å². The van der Waals surface area contributed by atoms with Gasteiger partial charge in [0.05, 0.1) is 5.69 Å². The molecule has 2 heterocycles. The molecule has 9 heteroatoms. The molecule has 0 bridgehead atoms. The molecule has 0 saturated carbocycles. The molecule has 0 aliphatic carbocycles. The highest BCUT2D eigenvalue weighted by atomic mass is 35.5. The minimum Gasteiger partial charge on any atom is -0.396 e. The summed E-state index contributed by atoms with van der Waals surface area (Å²) < 4.78 is 0. The normalized spacial score (nSPS) is 10.4. The number of unbranched alkanes of at least 4 members (excludes halogenated alkanes) is 4. The van der Waals surface area contributed by atoms with Gasteiger partial charge in [-0.3, -0.25) is 0 Å². The Bertz CT molecular complexity index is 956. The second kappa shape index (κ2) is 16.8. The van der Waals surface area contributed by atoms with E-state index in [9.17, 15) is 0 Å². The number of aliphatic hydroxyl groups is 2. The summed E-state index contributed by atoms with van der Waals surface area (Å²) in [4.78, 5) is 13.2. The van der Waals surface area contributed by atoms with Gasteiger partial charge in [-0.2, -0.15) is 0 Å². The minimum atomic E-state index is 0.243. The molecule has 6 N–H and O–H groups in total. The predicted octanol–water partition coefficient (Wildman–Crippen LogP) is 4.62. The average Bonchev–Trinajstić information content (AvgIpc) is 2.85. The van der Waals surface area contributed by atoms with Gasteiger partial charge in [0.15, 0.2) is 0 Å². The van der Waals surface area contributed by atoms with Crippen molar-refractivity contribution in [1.82, 2.24) is 15.0 Å². The summed E-state index contributed by atoms with van der Waals surface area (Å²) in [5.41, 5.74) is 7.78. The highest BCUT2D eigenvalue weighted by molar-refractivity contribution is 6.30. The largest absolute Gasteiger partial charge is 0.396 e. The smallest absolute Gasteiger partial charge is 0.227 e. The maximum atomic E-state index is 8.82. The van der Waals surface area contributed by atoms with Crippen molar-refractivity contribution < 1.29 is 10.2 Å². The average molecular weight is 487 g/mol. The number of benzene rings is 1. The summed E-state index contributed by atoms with van der Waals surface area (Å²) >= 11 is 6.02. The molecule has 2 aromatic heterocycles. The van der Waals surface area contributed by atoms with Crippen LogP contribution < -0.4 is 16.4 Å². The summed E-state index contributed by atoms with van der Waals surface area (Å²) in [6.45, 7) is 2.12. The van der Waals surface area contributed by atoms with Crippen LogP contribution in [0.2, 0.25) is 5.02 Å². The summed E-state index contributed by atoms with van der Waals surface area (Å²) in [6.07, 6.45) is 9.31. The number of nitrogens with one attached hydrogen (secondary N) is 2. The van der Waals surface area contributed by atoms with Crippen molar-refractivity contribution >= 4 is 29.1 Å².